The molecule has 0 bridgehead atoms. The van der Waals surface area contributed by atoms with Crippen LogP contribution in [0.2, 0.25) is 0 Å². The van der Waals surface area contributed by atoms with Crippen molar-refractivity contribution in [2.24, 2.45) is 0 Å². The van der Waals surface area contributed by atoms with Crippen molar-refractivity contribution < 1.29 is 4.42 Å². The molecular weight excluding hydrogens is 248 g/mol. The van der Waals surface area contributed by atoms with Gasteiger partial charge in [0.15, 0.2) is 0 Å². The lowest BCUT2D eigenvalue weighted by Gasteiger charge is -2.17. The number of hydrogen-bond donors (Lipinski definition) is 1. The largest absolute Gasteiger partial charge is 0.459 e. The second-order valence-electron chi connectivity index (χ2n) is 5.02. The molecule has 3 aromatic rings. The lowest BCUT2D eigenvalue weighted by atomic mass is 10.2. The van der Waals surface area contributed by atoms with Crippen molar-refractivity contribution in [2.75, 3.05) is 24.3 Å². The van der Waals surface area contributed by atoms with Crippen LogP contribution >= 0.6 is 0 Å². The van der Waals surface area contributed by atoms with E-state index < -0.39 is 0 Å². The Kier molecular flexibility index (Phi) is 3.33. The summed E-state index contributed by atoms with van der Waals surface area (Å²) < 4.78 is 5.81. The fourth-order valence-electron chi connectivity index (χ4n) is 2.32. The predicted octanol–water partition coefficient (Wildman–Crippen LogP) is 4.11. The quantitative estimate of drug-likeness (QED) is 0.770. The Labute approximate surface area is 118 Å². The highest BCUT2D eigenvalue weighted by Crippen LogP contribution is 2.25. The Bertz CT molecular complexity index is 683. The Balaban J connectivity index is 1.79. The van der Waals surface area contributed by atoms with Crippen LogP contribution in [0.1, 0.15) is 5.76 Å². The van der Waals surface area contributed by atoms with Gasteiger partial charge in [-0.15, -0.1) is 0 Å². The second-order valence-corrected chi connectivity index (χ2v) is 5.02. The minimum atomic E-state index is 0.680. The highest BCUT2D eigenvalue weighted by Gasteiger charge is 2.06. The van der Waals surface area contributed by atoms with Gasteiger partial charge in [0.25, 0.3) is 0 Å². The Morgan fingerprint density at radius 2 is 1.75 bits per heavy atom. The summed E-state index contributed by atoms with van der Waals surface area (Å²) in [6, 6.07) is 18.4. The zero-order valence-electron chi connectivity index (χ0n) is 11.8. The van der Waals surface area contributed by atoms with E-state index in [0.717, 1.165) is 22.4 Å². The molecule has 1 heterocycles. The highest BCUT2D eigenvalue weighted by molar-refractivity contribution is 5.78. The van der Waals surface area contributed by atoms with Gasteiger partial charge >= 0.3 is 0 Å². The van der Waals surface area contributed by atoms with Gasteiger partial charge in [-0.3, -0.25) is 0 Å². The van der Waals surface area contributed by atoms with Crippen molar-refractivity contribution in [3.05, 3.63) is 60.4 Å². The number of hydrogen-bond acceptors (Lipinski definition) is 3. The molecule has 0 fully saturated rings. The van der Waals surface area contributed by atoms with E-state index in [9.17, 15) is 0 Å². The maximum Gasteiger partial charge on any atom is 0.134 e. The lowest BCUT2D eigenvalue weighted by molar-refractivity contribution is 0.559. The van der Waals surface area contributed by atoms with Gasteiger partial charge in [0, 0.05) is 19.5 Å². The van der Waals surface area contributed by atoms with Crippen LogP contribution in [0.25, 0.3) is 11.0 Å². The number of benzene rings is 2. The SMILES string of the molecule is CN(C)c1ccccc1NCc1cc2ccccc2o1. The third-order valence-corrected chi connectivity index (χ3v) is 3.32. The molecule has 20 heavy (non-hydrogen) atoms. The molecule has 102 valence electrons. The van der Waals surface area contributed by atoms with Gasteiger partial charge < -0.3 is 14.6 Å². The summed E-state index contributed by atoms with van der Waals surface area (Å²) >= 11 is 0. The monoisotopic (exact) mass is 266 g/mol. The fraction of sp³-hybridized carbons (Fsp3) is 0.176. The molecule has 3 rings (SSSR count). The average molecular weight is 266 g/mol. The van der Waals surface area contributed by atoms with E-state index in [1.54, 1.807) is 0 Å². The first kappa shape index (κ1) is 12.6. The number of furan rings is 1. The molecule has 0 spiro atoms. The Morgan fingerprint density at radius 1 is 1.00 bits per heavy atom. The van der Waals surface area contributed by atoms with Gasteiger partial charge in [-0.05, 0) is 24.3 Å². The molecule has 0 saturated heterocycles. The van der Waals surface area contributed by atoms with E-state index in [1.807, 2.05) is 44.4 Å². The number of fused-ring (bicyclic) bond motifs is 1. The molecule has 0 radical (unpaired) electrons. The van der Waals surface area contributed by atoms with E-state index in [0.29, 0.717) is 6.54 Å². The van der Waals surface area contributed by atoms with Crippen LogP contribution in [-0.4, -0.2) is 14.1 Å². The second kappa shape index (κ2) is 5.29. The van der Waals surface area contributed by atoms with Crippen molar-refractivity contribution in [1.82, 2.24) is 0 Å². The van der Waals surface area contributed by atoms with Crippen molar-refractivity contribution >= 4 is 22.3 Å². The van der Waals surface area contributed by atoms with Gasteiger partial charge in [-0.25, -0.2) is 0 Å². The predicted molar refractivity (Wildman–Crippen MR) is 84.3 cm³/mol. The smallest absolute Gasteiger partial charge is 0.134 e. The standard InChI is InChI=1S/C17H18N2O/c1-19(2)16-9-5-4-8-15(16)18-12-14-11-13-7-3-6-10-17(13)20-14/h3-11,18H,12H2,1-2H3. The van der Waals surface area contributed by atoms with Crippen molar-refractivity contribution in [1.29, 1.82) is 0 Å². The molecular formula is C17H18N2O. The number of nitrogens with one attached hydrogen (secondary N) is 1. The van der Waals surface area contributed by atoms with Crippen molar-refractivity contribution in [2.45, 2.75) is 6.54 Å². The summed E-state index contributed by atoms with van der Waals surface area (Å²) in [4.78, 5) is 2.10. The molecule has 3 heteroatoms. The van der Waals surface area contributed by atoms with Crippen LogP contribution in [-0.2, 0) is 6.54 Å². The van der Waals surface area contributed by atoms with Gasteiger partial charge in [0.2, 0.25) is 0 Å². The summed E-state index contributed by atoms with van der Waals surface area (Å²) in [5.74, 6) is 0.944. The zero-order valence-corrected chi connectivity index (χ0v) is 11.8. The van der Waals surface area contributed by atoms with Gasteiger partial charge in [0.05, 0.1) is 17.9 Å². The van der Waals surface area contributed by atoms with Gasteiger partial charge in [-0.1, -0.05) is 30.3 Å². The fourth-order valence-corrected chi connectivity index (χ4v) is 2.32. The molecule has 3 nitrogen and oxygen atoms in total. The average Bonchev–Trinajstić information content (AvgIpc) is 2.88. The molecule has 0 aliphatic carbocycles. The molecule has 0 aliphatic heterocycles. The molecule has 0 atom stereocenters. The summed E-state index contributed by atoms with van der Waals surface area (Å²) in [6.45, 7) is 0.680. The van der Waals surface area contributed by atoms with E-state index in [4.69, 9.17) is 4.42 Å². The minimum Gasteiger partial charge on any atom is -0.459 e. The number of nitrogens with zero attached hydrogens (tertiary/aromatic N) is 1. The van der Waals surface area contributed by atoms with E-state index >= 15 is 0 Å². The summed E-state index contributed by atoms with van der Waals surface area (Å²) in [5, 5.41) is 4.58. The molecule has 0 unspecified atom stereocenters. The maximum atomic E-state index is 5.81. The number of anilines is 2. The summed E-state index contributed by atoms with van der Waals surface area (Å²) in [5.41, 5.74) is 3.21. The third kappa shape index (κ3) is 2.48. The summed E-state index contributed by atoms with van der Waals surface area (Å²) in [6.07, 6.45) is 0. The van der Waals surface area contributed by atoms with Crippen LogP contribution in [0.3, 0.4) is 0 Å². The van der Waals surface area contributed by atoms with Crippen LogP contribution in [0, 0.1) is 0 Å². The molecule has 1 N–H and O–H groups in total. The van der Waals surface area contributed by atoms with Crippen LogP contribution in [0.4, 0.5) is 11.4 Å². The van der Waals surface area contributed by atoms with Crippen molar-refractivity contribution in [3.63, 3.8) is 0 Å². The topological polar surface area (TPSA) is 28.4 Å². The number of para-hydroxylation sites is 3. The molecule has 1 aromatic heterocycles. The van der Waals surface area contributed by atoms with Crippen LogP contribution in [0.15, 0.2) is 59.0 Å². The normalized spacial score (nSPS) is 10.7. The minimum absolute atomic E-state index is 0.680. The number of rotatable bonds is 4. The first-order chi connectivity index (χ1) is 9.74. The van der Waals surface area contributed by atoms with Gasteiger partial charge in [-0.2, -0.15) is 0 Å². The molecule has 0 amide bonds. The first-order valence-corrected chi connectivity index (χ1v) is 6.72. The van der Waals surface area contributed by atoms with E-state index in [2.05, 4.69) is 34.5 Å². The summed E-state index contributed by atoms with van der Waals surface area (Å²) in [7, 11) is 4.09. The first-order valence-electron chi connectivity index (χ1n) is 6.72. The molecule has 0 saturated carbocycles. The Hall–Kier alpha value is -2.42. The molecule has 2 aromatic carbocycles. The van der Waals surface area contributed by atoms with E-state index in [1.165, 1.54) is 5.69 Å². The lowest BCUT2D eigenvalue weighted by Crippen LogP contribution is -2.11. The third-order valence-electron chi connectivity index (χ3n) is 3.32. The highest BCUT2D eigenvalue weighted by atomic mass is 16.3. The van der Waals surface area contributed by atoms with E-state index in [-0.39, 0.29) is 0 Å². The van der Waals surface area contributed by atoms with Crippen LogP contribution < -0.4 is 10.2 Å². The van der Waals surface area contributed by atoms with Gasteiger partial charge in [0.1, 0.15) is 11.3 Å². The van der Waals surface area contributed by atoms with Crippen LogP contribution in [0.5, 0.6) is 0 Å². The Morgan fingerprint density at radius 3 is 2.55 bits per heavy atom. The van der Waals surface area contributed by atoms with Crippen molar-refractivity contribution in [3.8, 4) is 0 Å². The molecule has 0 aliphatic rings. The maximum absolute atomic E-state index is 5.81. The zero-order chi connectivity index (χ0) is 13.9.